The molecule has 0 unspecified atom stereocenters. The number of carbonyl (C=O) groups is 4. The van der Waals surface area contributed by atoms with E-state index in [1.807, 2.05) is 13.0 Å². The zero-order valence-electron chi connectivity index (χ0n) is 24.4. The van der Waals surface area contributed by atoms with Gasteiger partial charge in [0.2, 0.25) is 5.91 Å². The van der Waals surface area contributed by atoms with Gasteiger partial charge in [0.1, 0.15) is 15.7 Å². The molecule has 0 aliphatic heterocycles. The van der Waals surface area contributed by atoms with E-state index < -0.39 is 23.7 Å². The summed E-state index contributed by atoms with van der Waals surface area (Å²) in [7, 11) is 0. The van der Waals surface area contributed by atoms with Gasteiger partial charge >= 0.3 is 11.9 Å². The SMILES string of the molecule is CCOC(=O)c1sc(NC(=O)CSc2nnc(CNC(=O)c3cccc(C)c3)n2-c2ccc(F)cc2)c(C(=O)OCC)c1C. The second kappa shape index (κ2) is 14.8. The van der Waals surface area contributed by atoms with Crippen LogP contribution in [0.15, 0.2) is 53.7 Å². The summed E-state index contributed by atoms with van der Waals surface area (Å²) in [4.78, 5) is 51.1. The molecule has 4 aromatic rings. The third-order valence-electron chi connectivity index (χ3n) is 6.15. The zero-order valence-corrected chi connectivity index (χ0v) is 26.1. The molecule has 4 rings (SSSR count). The molecule has 14 heteroatoms. The van der Waals surface area contributed by atoms with Crippen molar-refractivity contribution in [1.29, 1.82) is 0 Å². The van der Waals surface area contributed by atoms with Crippen LogP contribution in [0.2, 0.25) is 0 Å². The van der Waals surface area contributed by atoms with Crippen molar-refractivity contribution in [3.8, 4) is 5.69 Å². The Morgan fingerprint density at radius 2 is 1.68 bits per heavy atom. The van der Waals surface area contributed by atoms with Crippen molar-refractivity contribution < 1.29 is 33.0 Å². The zero-order chi connectivity index (χ0) is 31.8. The third-order valence-corrected chi connectivity index (χ3v) is 8.26. The van der Waals surface area contributed by atoms with E-state index >= 15 is 0 Å². The number of benzene rings is 2. The first-order valence-electron chi connectivity index (χ1n) is 13.6. The highest BCUT2D eigenvalue weighted by molar-refractivity contribution is 7.99. The smallest absolute Gasteiger partial charge is 0.348 e. The molecular weight excluding hydrogens is 609 g/mol. The van der Waals surface area contributed by atoms with Gasteiger partial charge < -0.3 is 20.1 Å². The van der Waals surface area contributed by atoms with E-state index in [-0.39, 0.29) is 46.9 Å². The Morgan fingerprint density at radius 1 is 0.977 bits per heavy atom. The summed E-state index contributed by atoms with van der Waals surface area (Å²) in [5, 5.41) is 14.4. The van der Waals surface area contributed by atoms with E-state index in [4.69, 9.17) is 9.47 Å². The Kier molecular flexibility index (Phi) is 10.8. The highest BCUT2D eigenvalue weighted by Gasteiger charge is 2.27. The number of thiophene rings is 1. The second-order valence-corrected chi connectivity index (χ2v) is 11.3. The molecule has 0 spiro atoms. The van der Waals surface area contributed by atoms with Crippen molar-refractivity contribution in [2.75, 3.05) is 24.3 Å². The summed E-state index contributed by atoms with van der Waals surface area (Å²) >= 11 is 1.97. The van der Waals surface area contributed by atoms with E-state index in [9.17, 15) is 23.6 Å². The largest absolute Gasteiger partial charge is 0.462 e. The number of anilines is 1. The normalized spacial score (nSPS) is 10.8. The highest BCUT2D eigenvalue weighted by atomic mass is 32.2. The number of hydrogen-bond donors (Lipinski definition) is 2. The van der Waals surface area contributed by atoms with Crippen LogP contribution in [-0.4, -0.2) is 57.5 Å². The van der Waals surface area contributed by atoms with Crippen molar-refractivity contribution in [3.05, 3.63) is 87.3 Å². The molecule has 0 atom stereocenters. The minimum absolute atomic E-state index is 0.0118. The first-order chi connectivity index (χ1) is 21.1. The Bertz CT molecular complexity index is 1690. The molecule has 2 amide bonds. The average molecular weight is 640 g/mol. The molecule has 0 radical (unpaired) electrons. The Balaban J connectivity index is 1.54. The third kappa shape index (κ3) is 7.68. The topological polar surface area (TPSA) is 142 Å². The van der Waals surface area contributed by atoms with Crippen molar-refractivity contribution >= 4 is 51.9 Å². The van der Waals surface area contributed by atoms with E-state index in [1.54, 1.807) is 43.5 Å². The summed E-state index contributed by atoms with van der Waals surface area (Å²) in [5.74, 6) is -2.29. The molecule has 0 saturated heterocycles. The highest BCUT2D eigenvalue weighted by Crippen LogP contribution is 2.34. The predicted octanol–water partition coefficient (Wildman–Crippen LogP) is 5.10. The van der Waals surface area contributed by atoms with Crippen LogP contribution in [0, 0.1) is 19.7 Å². The van der Waals surface area contributed by atoms with Gasteiger partial charge in [-0.25, -0.2) is 14.0 Å². The van der Waals surface area contributed by atoms with Crippen molar-refractivity contribution in [2.24, 2.45) is 0 Å². The van der Waals surface area contributed by atoms with Gasteiger partial charge in [-0.05, 0) is 69.7 Å². The maximum atomic E-state index is 13.7. The fraction of sp³-hybridized carbons (Fsp3) is 0.267. The standard InChI is InChI=1S/C30H30FN5O6S2/c1-5-41-28(39)24-18(4)25(29(40)42-6-2)44-27(24)33-23(37)16-43-30-35-34-22(36(30)21-12-10-20(31)11-13-21)15-32-26(38)19-9-7-8-17(3)14-19/h7-14H,5-6,15-16H2,1-4H3,(H,32,38)(H,33,37). The molecule has 0 fully saturated rings. The lowest BCUT2D eigenvalue weighted by Gasteiger charge is -2.11. The number of nitrogens with zero attached hydrogens (tertiary/aromatic N) is 3. The molecule has 0 aliphatic carbocycles. The van der Waals surface area contributed by atoms with Gasteiger partial charge in [-0.1, -0.05) is 29.5 Å². The van der Waals surface area contributed by atoms with Crippen LogP contribution in [0.3, 0.4) is 0 Å². The van der Waals surface area contributed by atoms with Crippen LogP contribution >= 0.6 is 23.1 Å². The van der Waals surface area contributed by atoms with Gasteiger partial charge in [-0.3, -0.25) is 14.2 Å². The van der Waals surface area contributed by atoms with E-state index in [2.05, 4.69) is 20.8 Å². The Morgan fingerprint density at radius 3 is 2.36 bits per heavy atom. The first kappa shape index (κ1) is 32.4. The van der Waals surface area contributed by atoms with Crippen LogP contribution in [0.5, 0.6) is 0 Å². The number of amides is 2. The number of thioether (sulfide) groups is 1. The lowest BCUT2D eigenvalue weighted by atomic mass is 10.1. The fourth-order valence-corrected chi connectivity index (χ4v) is 6.02. The molecule has 11 nitrogen and oxygen atoms in total. The number of carbonyl (C=O) groups excluding carboxylic acids is 4. The monoisotopic (exact) mass is 639 g/mol. The van der Waals surface area contributed by atoms with Crippen LogP contribution < -0.4 is 10.6 Å². The average Bonchev–Trinajstić information content (AvgIpc) is 3.55. The molecule has 44 heavy (non-hydrogen) atoms. The van der Waals surface area contributed by atoms with E-state index in [0.29, 0.717) is 27.8 Å². The van der Waals surface area contributed by atoms with Crippen LogP contribution in [0.1, 0.15) is 61.2 Å². The van der Waals surface area contributed by atoms with Gasteiger partial charge in [0.05, 0.1) is 31.1 Å². The fourth-order valence-electron chi connectivity index (χ4n) is 4.14. The molecule has 2 heterocycles. The summed E-state index contributed by atoms with van der Waals surface area (Å²) in [5.41, 5.74) is 2.38. The lowest BCUT2D eigenvalue weighted by Crippen LogP contribution is -2.24. The Labute approximate surface area is 261 Å². The van der Waals surface area contributed by atoms with Gasteiger partial charge in [-0.15, -0.1) is 21.5 Å². The second-order valence-electron chi connectivity index (χ2n) is 9.30. The number of ether oxygens (including phenoxy) is 2. The number of hydrogen-bond acceptors (Lipinski definition) is 10. The number of nitrogens with one attached hydrogen (secondary N) is 2. The minimum atomic E-state index is -0.673. The van der Waals surface area contributed by atoms with E-state index in [0.717, 1.165) is 28.7 Å². The van der Waals surface area contributed by atoms with Crippen molar-refractivity contribution in [2.45, 2.75) is 39.4 Å². The van der Waals surface area contributed by atoms with E-state index in [1.165, 1.54) is 24.3 Å². The molecule has 0 bridgehead atoms. The van der Waals surface area contributed by atoms with Crippen LogP contribution in [0.4, 0.5) is 9.39 Å². The number of aromatic nitrogens is 3. The quantitative estimate of drug-likeness (QED) is 0.160. The number of esters is 2. The summed E-state index contributed by atoms with van der Waals surface area (Å²) in [6.45, 7) is 7.07. The molecule has 230 valence electrons. The number of halogens is 1. The van der Waals surface area contributed by atoms with Gasteiger partial charge in [0.15, 0.2) is 11.0 Å². The Hall–Kier alpha value is -4.56. The molecule has 2 aromatic carbocycles. The summed E-state index contributed by atoms with van der Waals surface area (Å²) < 4.78 is 25.6. The molecule has 0 aliphatic rings. The maximum absolute atomic E-state index is 13.7. The molecule has 0 saturated carbocycles. The maximum Gasteiger partial charge on any atom is 0.348 e. The van der Waals surface area contributed by atoms with Gasteiger partial charge in [0, 0.05) is 11.3 Å². The number of rotatable bonds is 12. The van der Waals surface area contributed by atoms with Crippen molar-refractivity contribution in [1.82, 2.24) is 20.1 Å². The summed E-state index contributed by atoms with van der Waals surface area (Å²) in [6.07, 6.45) is 0. The summed E-state index contributed by atoms with van der Waals surface area (Å²) in [6, 6.07) is 12.8. The first-order valence-corrected chi connectivity index (χ1v) is 15.4. The molecule has 2 N–H and O–H groups in total. The minimum Gasteiger partial charge on any atom is -0.462 e. The lowest BCUT2D eigenvalue weighted by molar-refractivity contribution is -0.113. The van der Waals surface area contributed by atoms with Crippen LogP contribution in [0.25, 0.3) is 5.69 Å². The van der Waals surface area contributed by atoms with Gasteiger partial charge in [-0.2, -0.15) is 0 Å². The predicted molar refractivity (Wildman–Crippen MR) is 164 cm³/mol. The molecule has 2 aromatic heterocycles. The van der Waals surface area contributed by atoms with Gasteiger partial charge in [0.25, 0.3) is 5.91 Å². The molecular formula is C30H30FN5O6S2. The van der Waals surface area contributed by atoms with Crippen LogP contribution in [-0.2, 0) is 20.8 Å². The number of aryl methyl sites for hydroxylation is 1. The van der Waals surface area contributed by atoms with Crippen molar-refractivity contribution in [3.63, 3.8) is 0 Å².